The Balaban J connectivity index is 3.01. The molecule has 0 aliphatic rings. The van der Waals surface area contributed by atoms with Crippen LogP contribution >= 0.6 is 0 Å². The van der Waals surface area contributed by atoms with Gasteiger partial charge >= 0.3 is 0 Å². The van der Waals surface area contributed by atoms with Crippen LogP contribution in [0.15, 0.2) is 24.3 Å². The third kappa shape index (κ3) is 3.19. The lowest BCUT2D eigenvalue weighted by Crippen LogP contribution is -2.41. The van der Waals surface area contributed by atoms with Crippen LogP contribution in [0, 0.1) is 16.0 Å². The topological polar surface area (TPSA) is 84.3 Å². The van der Waals surface area contributed by atoms with Gasteiger partial charge in [0.15, 0.2) is 0 Å². The van der Waals surface area contributed by atoms with Crippen LogP contribution in [0.25, 0.3) is 0 Å². The van der Waals surface area contributed by atoms with Crippen molar-refractivity contribution >= 4 is 17.3 Å². The first-order valence-electron chi connectivity index (χ1n) is 5.69. The summed E-state index contributed by atoms with van der Waals surface area (Å²) < 4.78 is 0. The van der Waals surface area contributed by atoms with E-state index in [1.165, 1.54) is 6.07 Å². The Morgan fingerprint density at radius 1 is 1.33 bits per heavy atom. The van der Waals surface area contributed by atoms with Gasteiger partial charge < -0.3 is 10.6 Å². The normalized spacial score (nSPS) is 12.0. The average molecular weight is 251 g/mol. The second-order valence-electron chi connectivity index (χ2n) is 4.25. The molecule has 0 saturated heterocycles. The summed E-state index contributed by atoms with van der Waals surface area (Å²) in [6.45, 7) is 3.75. The van der Waals surface area contributed by atoms with Gasteiger partial charge in [-0.2, -0.15) is 0 Å². The minimum atomic E-state index is -0.504. The van der Waals surface area contributed by atoms with Gasteiger partial charge in [0.05, 0.1) is 4.92 Å². The maximum absolute atomic E-state index is 11.7. The molecule has 0 aliphatic carbocycles. The summed E-state index contributed by atoms with van der Waals surface area (Å²) in [7, 11) is 1.54. The van der Waals surface area contributed by atoms with Crippen LogP contribution < -0.4 is 10.6 Å². The van der Waals surface area contributed by atoms with E-state index >= 15 is 0 Å². The largest absolute Gasteiger partial charge is 0.368 e. The van der Waals surface area contributed by atoms with Crippen molar-refractivity contribution in [1.82, 2.24) is 5.32 Å². The van der Waals surface area contributed by atoms with Gasteiger partial charge in [-0.3, -0.25) is 14.9 Å². The van der Waals surface area contributed by atoms with E-state index in [1.54, 1.807) is 25.2 Å². The van der Waals surface area contributed by atoms with E-state index < -0.39 is 11.0 Å². The Hall–Kier alpha value is -2.11. The highest BCUT2D eigenvalue weighted by Gasteiger charge is 2.23. The number of para-hydroxylation sites is 2. The summed E-state index contributed by atoms with van der Waals surface area (Å²) in [4.78, 5) is 22.1. The van der Waals surface area contributed by atoms with Crippen LogP contribution in [-0.2, 0) is 4.79 Å². The summed E-state index contributed by atoms with van der Waals surface area (Å²) in [5.74, 6) is -0.173. The molecule has 0 spiro atoms. The molecule has 0 aliphatic heterocycles. The first-order chi connectivity index (χ1) is 8.47. The molecule has 98 valence electrons. The highest BCUT2D eigenvalue weighted by Crippen LogP contribution is 2.25. The summed E-state index contributed by atoms with van der Waals surface area (Å²) in [5, 5.41) is 16.3. The number of nitrogens with one attached hydrogen (secondary N) is 2. The van der Waals surface area contributed by atoms with E-state index in [-0.39, 0.29) is 17.5 Å². The number of nitro groups is 1. The van der Waals surface area contributed by atoms with Crippen molar-refractivity contribution in [3.05, 3.63) is 34.4 Å². The molecule has 1 unspecified atom stereocenters. The molecule has 1 atom stereocenters. The Bertz CT molecular complexity index is 446. The predicted octanol–water partition coefficient (Wildman–Crippen LogP) is 1.78. The van der Waals surface area contributed by atoms with E-state index in [4.69, 9.17) is 0 Å². The zero-order chi connectivity index (χ0) is 13.7. The SMILES string of the molecule is CNC(=O)C(Nc1ccccc1[N+](=O)[O-])C(C)C. The predicted molar refractivity (Wildman–Crippen MR) is 69.4 cm³/mol. The number of hydrogen-bond donors (Lipinski definition) is 2. The molecule has 0 radical (unpaired) electrons. The van der Waals surface area contributed by atoms with Gasteiger partial charge in [-0.1, -0.05) is 26.0 Å². The minimum Gasteiger partial charge on any atom is -0.368 e. The minimum absolute atomic E-state index is 0.0183. The van der Waals surface area contributed by atoms with Crippen LogP contribution in [0.5, 0.6) is 0 Å². The number of anilines is 1. The van der Waals surface area contributed by atoms with Crippen LogP contribution in [0.1, 0.15) is 13.8 Å². The number of carbonyl (C=O) groups is 1. The van der Waals surface area contributed by atoms with E-state index in [0.29, 0.717) is 5.69 Å². The summed E-state index contributed by atoms with van der Waals surface area (Å²) in [5.41, 5.74) is 0.317. The number of amides is 1. The summed E-state index contributed by atoms with van der Waals surface area (Å²) in [6, 6.07) is 5.78. The molecule has 0 heterocycles. The molecular weight excluding hydrogens is 234 g/mol. The first-order valence-corrected chi connectivity index (χ1v) is 5.69. The highest BCUT2D eigenvalue weighted by atomic mass is 16.6. The molecular formula is C12H17N3O3. The lowest BCUT2D eigenvalue weighted by Gasteiger charge is -2.21. The van der Waals surface area contributed by atoms with Gasteiger partial charge in [-0.25, -0.2) is 0 Å². The maximum atomic E-state index is 11.7. The average Bonchev–Trinajstić information content (AvgIpc) is 2.34. The highest BCUT2D eigenvalue weighted by molar-refractivity contribution is 5.85. The van der Waals surface area contributed by atoms with E-state index in [0.717, 1.165) is 0 Å². The monoisotopic (exact) mass is 251 g/mol. The molecule has 1 amide bonds. The molecule has 0 fully saturated rings. The van der Waals surface area contributed by atoms with E-state index in [9.17, 15) is 14.9 Å². The lowest BCUT2D eigenvalue weighted by atomic mass is 10.0. The Kier molecular flexibility index (Phi) is 4.65. The third-order valence-electron chi connectivity index (χ3n) is 2.61. The number of hydrogen-bond acceptors (Lipinski definition) is 4. The second-order valence-corrected chi connectivity index (χ2v) is 4.25. The third-order valence-corrected chi connectivity index (χ3v) is 2.61. The number of nitrogens with zero attached hydrogens (tertiary/aromatic N) is 1. The Morgan fingerprint density at radius 2 is 1.94 bits per heavy atom. The van der Waals surface area contributed by atoms with E-state index in [1.807, 2.05) is 13.8 Å². The van der Waals surface area contributed by atoms with Crippen molar-refractivity contribution in [3.8, 4) is 0 Å². The molecule has 2 N–H and O–H groups in total. The zero-order valence-corrected chi connectivity index (χ0v) is 10.6. The van der Waals surface area contributed by atoms with Crippen molar-refractivity contribution in [2.45, 2.75) is 19.9 Å². The fraction of sp³-hybridized carbons (Fsp3) is 0.417. The fourth-order valence-corrected chi connectivity index (χ4v) is 1.61. The molecule has 18 heavy (non-hydrogen) atoms. The number of benzene rings is 1. The first kappa shape index (κ1) is 14.0. The number of rotatable bonds is 5. The van der Waals surface area contributed by atoms with Gasteiger partial charge in [0, 0.05) is 13.1 Å². The summed E-state index contributed by atoms with van der Waals surface area (Å²) >= 11 is 0. The van der Waals surface area contributed by atoms with Gasteiger partial charge in [0.1, 0.15) is 11.7 Å². The zero-order valence-electron chi connectivity index (χ0n) is 10.6. The van der Waals surface area contributed by atoms with Crippen molar-refractivity contribution < 1.29 is 9.72 Å². The molecule has 0 bridgehead atoms. The molecule has 1 rings (SSSR count). The van der Waals surface area contributed by atoms with E-state index in [2.05, 4.69) is 10.6 Å². The Morgan fingerprint density at radius 3 is 2.44 bits per heavy atom. The molecule has 0 saturated carbocycles. The number of carbonyl (C=O) groups excluding carboxylic acids is 1. The number of likely N-dealkylation sites (N-methyl/N-ethyl adjacent to an activating group) is 1. The summed E-state index contributed by atoms with van der Waals surface area (Å²) in [6.07, 6.45) is 0. The molecule has 1 aromatic carbocycles. The smallest absolute Gasteiger partial charge is 0.292 e. The molecule has 0 aromatic heterocycles. The van der Waals surface area contributed by atoms with Crippen LogP contribution in [0.3, 0.4) is 0 Å². The fourth-order valence-electron chi connectivity index (χ4n) is 1.61. The van der Waals surface area contributed by atoms with Crippen molar-refractivity contribution in [2.75, 3.05) is 12.4 Å². The van der Waals surface area contributed by atoms with Gasteiger partial charge in [-0.05, 0) is 12.0 Å². The quantitative estimate of drug-likeness (QED) is 0.617. The van der Waals surface area contributed by atoms with Gasteiger partial charge in [-0.15, -0.1) is 0 Å². The van der Waals surface area contributed by atoms with Crippen LogP contribution in [0.2, 0.25) is 0 Å². The van der Waals surface area contributed by atoms with Crippen molar-refractivity contribution in [2.24, 2.45) is 5.92 Å². The van der Waals surface area contributed by atoms with Gasteiger partial charge in [0.25, 0.3) is 5.69 Å². The number of nitro benzene ring substituents is 1. The standard InChI is InChI=1S/C12H17N3O3/c1-8(2)11(12(16)13-3)14-9-6-4-5-7-10(9)15(17)18/h4-8,11,14H,1-3H3,(H,13,16). The van der Waals surface area contributed by atoms with Gasteiger partial charge in [0.2, 0.25) is 5.91 Å². The van der Waals surface area contributed by atoms with Crippen LogP contribution in [0.4, 0.5) is 11.4 Å². The lowest BCUT2D eigenvalue weighted by molar-refractivity contribution is -0.384. The van der Waals surface area contributed by atoms with Crippen molar-refractivity contribution in [1.29, 1.82) is 0 Å². The molecule has 6 heteroatoms. The Labute approximate surface area is 106 Å². The van der Waals surface area contributed by atoms with Crippen molar-refractivity contribution in [3.63, 3.8) is 0 Å². The molecule has 6 nitrogen and oxygen atoms in total. The van der Waals surface area contributed by atoms with Crippen LogP contribution in [-0.4, -0.2) is 23.9 Å². The maximum Gasteiger partial charge on any atom is 0.292 e. The second kappa shape index (κ2) is 6.00. The molecule has 1 aromatic rings.